The molecule has 1 atom stereocenters. The van der Waals surface area contributed by atoms with Crippen molar-refractivity contribution in [2.75, 3.05) is 7.11 Å². The van der Waals surface area contributed by atoms with Gasteiger partial charge in [-0.05, 0) is 18.2 Å². The van der Waals surface area contributed by atoms with Crippen LogP contribution in [0.5, 0.6) is 5.75 Å². The van der Waals surface area contributed by atoms with Gasteiger partial charge < -0.3 is 9.47 Å². The molecule has 1 aromatic rings. The van der Waals surface area contributed by atoms with Crippen LogP contribution in [0.4, 0.5) is 5.69 Å². The van der Waals surface area contributed by atoms with E-state index in [1.165, 1.54) is 25.3 Å². The van der Waals surface area contributed by atoms with Crippen molar-refractivity contribution in [1.29, 1.82) is 0 Å². The van der Waals surface area contributed by atoms with Gasteiger partial charge in [0.05, 0.1) is 12.0 Å². The molecule has 0 aliphatic rings. The zero-order valence-electron chi connectivity index (χ0n) is 9.46. The number of rotatable bonds is 5. The van der Waals surface area contributed by atoms with Crippen LogP contribution in [0.25, 0.3) is 0 Å². The van der Waals surface area contributed by atoms with E-state index < -0.39 is 17.0 Å². The molecule has 0 heterocycles. The summed E-state index contributed by atoms with van der Waals surface area (Å²) in [6, 6.07) is 4.24. The third-order valence-electron chi connectivity index (χ3n) is 2.02. The maximum atomic E-state index is 11.3. The summed E-state index contributed by atoms with van der Waals surface area (Å²) in [5.74, 6) is -0.708. The Morgan fingerprint density at radius 1 is 1.61 bits per heavy atom. The number of halogens is 1. The number of ether oxygens (including phenoxy) is 2. The topological polar surface area (TPSA) is 78.7 Å². The highest BCUT2D eigenvalue weighted by molar-refractivity contribution is 9.10. The zero-order chi connectivity index (χ0) is 13.7. The average Bonchev–Trinajstić information content (AvgIpc) is 2.36. The van der Waals surface area contributed by atoms with Crippen molar-refractivity contribution in [3.63, 3.8) is 0 Å². The van der Waals surface area contributed by atoms with Crippen molar-refractivity contribution in [2.24, 2.45) is 0 Å². The van der Waals surface area contributed by atoms with E-state index in [9.17, 15) is 14.9 Å². The third kappa shape index (κ3) is 3.30. The molecule has 1 aromatic carbocycles. The number of nitrogens with zero attached hydrogens (tertiary/aromatic N) is 1. The van der Waals surface area contributed by atoms with Gasteiger partial charge in [-0.15, -0.1) is 0 Å². The predicted octanol–water partition coefficient (Wildman–Crippen LogP) is 2.46. The lowest BCUT2D eigenvalue weighted by molar-refractivity contribution is -0.386. The Hall–Kier alpha value is -1.89. The highest BCUT2D eigenvalue weighted by atomic mass is 79.9. The SMILES string of the molecule is C=CC(Oc1ccc(Br)cc1[N+](=O)[O-])C(=O)OC. The minimum atomic E-state index is -1.09. The largest absolute Gasteiger partial charge is 0.467 e. The quantitative estimate of drug-likeness (QED) is 0.361. The fourth-order valence-electron chi connectivity index (χ4n) is 1.18. The van der Waals surface area contributed by atoms with Gasteiger partial charge in [-0.3, -0.25) is 10.1 Å². The molecule has 0 aliphatic carbocycles. The van der Waals surface area contributed by atoms with Crippen LogP contribution in [0, 0.1) is 10.1 Å². The van der Waals surface area contributed by atoms with E-state index in [1.54, 1.807) is 6.07 Å². The summed E-state index contributed by atoms with van der Waals surface area (Å²) in [7, 11) is 1.19. The second-order valence-electron chi connectivity index (χ2n) is 3.17. The van der Waals surface area contributed by atoms with Crippen molar-refractivity contribution in [2.45, 2.75) is 6.10 Å². The van der Waals surface area contributed by atoms with E-state index in [0.29, 0.717) is 4.47 Å². The second-order valence-corrected chi connectivity index (χ2v) is 4.08. The first-order valence-corrected chi connectivity index (χ1v) is 5.60. The first-order valence-electron chi connectivity index (χ1n) is 4.80. The monoisotopic (exact) mass is 315 g/mol. The molecular formula is C11H10BrNO5. The van der Waals surface area contributed by atoms with Crippen LogP contribution in [0.3, 0.4) is 0 Å². The van der Waals surface area contributed by atoms with Gasteiger partial charge >= 0.3 is 11.7 Å². The molecule has 0 aromatic heterocycles. The van der Waals surface area contributed by atoms with Gasteiger partial charge in [0.1, 0.15) is 0 Å². The molecule has 18 heavy (non-hydrogen) atoms. The number of carbonyl (C=O) groups excluding carboxylic acids is 1. The summed E-state index contributed by atoms with van der Waals surface area (Å²) in [5.41, 5.74) is -0.250. The molecule has 96 valence electrons. The molecule has 0 N–H and O–H groups in total. The van der Waals surface area contributed by atoms with E-state index in [2.05, 4.69) is 27.2 Å². The lowest BCUT2D eigenvalue weighted by atomic mass is 10.3. The Bertz CT molecular complexity index is 488. The van der Waals surface area contributed by atoms with Crippen molar-refractivity contribution < 1.29 is 19.2 Å². The summed E-state index contributed by atoms with van der Waals surface area (Å²) >= 11 is 3.12. The molecule has 1 rings (SSSR count). The lowest BCUT2D eigenvalue weighted by Gasteiger charge is -2.13. The number of hydrogen-bond donors (Lipinski definition) is 0. The molecule has 0 saturated carbocycles. The molecule has 0 spiro atoms. The summed E-state index contributed by atoms with van der Waals surface area (Å²) in [5, 5.41) is 10.8. The number of nitro groups is 1. The van der Waals surface area contributed by atoms with E-state index in [-0.39, 0.29) is 11.4 Å². The summed E-state index contributed by atoms with van der Waals surface area (Å²) in [4.78, 5) is 21.5. The third-order valence-corrected chi connectivity index (χ3v) is 2.51. The molecule has 0 aliphatic heterocycles. The van der Waals surface area contributed by atoms with Crippen LogP contribution >= 0.6 is 15.9 Å². The minimum absolute atomic E-state index is 0.0292. The van der Waals surface area contributed by atoms with Gasteiger partial charge in [0.15, 0.2) is 5.75 Å². The van der Waals surface area contributed by atoms with Crippen molar-refractivity contribution in [3.8, 4) is 5.75 Å². The maximum Gasteiger partial charge on any atom is 0.351 e. The summed E-state index contributed by atoms with van der Waals surface area (Å²) in [6.45, 7) is 3.41. The second kappa shape index (κ2) is 6.15. The van der Waals surface area contributed by atoms with Gasteiger partial charge in [-0.2, -0.15) is 0 Å². The number of esters is 1. The van der Waals surface area contributed by atoms with E-state index >= 15 is 0 Å². The molecule has 0 fully saturated rings. The molecule has 6 nitrogen and oxygen atoms in total. The fraction of sp³-hybridized carbons (Fsp3) is 0.182. The van der Waals surface area contributed by atoms with E-state index in [0.717, 1.165) is 0 Å². The Morgan fingerprint density at radius 2 is 2.28 bits per heavy atom. The van der Waals surface area contributed by atoms with E-state index in [4.69, 9.17) is 4.74 Å². The minimum Gasteiger partial charge on any atom is -0.467 e. The van der Waals surface area contributed by atoms with Crippen molar-refractivity contribution in [3.05, 3.63) is 45.4 Å². The highest BCUT2D eigenvalue weighted by Crippen LogP contribution is 2.31. The molecule has 0 saturated heterocycles. The van der Waals surface area contributed by atoms with Crippen molar-refractivity contribution in [1.82, 2.24) is 0 Å². The molecule has 0 amide bonds. The van der Waals surface area contributed by atoms with Crippen LogP contribution in [-0.2, 0) is 9.53 Å². The maximum absolute atomic E-state index is 11.3. The number of carbonyl (C=O) groups is 1. The standard InChI is InChI=1S/C11H10BrNO5/c1-3-9(11(14)17-2)18-10-5-4-7(12)6-8(10)13(15)16/h3-6,9H,1H2,2H3. The Kier molecular flexibility index (Phi) is 4.85. The lowest BCUT2D eigenvalue weighted by Crippen LogP contribution is -2.26. The normalized spacial score (nSPS) is 11.4. The van der Waals surface area contributed by atoms with Gasteiger partial charge in [0, 0.05) is 10.5 Å². The molecule has 1 unspecified atom stereocenters. The zero-order valence-corrected chi connectivity index (χ0v) is 11.0. The number of benzene rings is 1. The first-order chi connectivity index (χ1) is 8.49. The highest BCUT2D eigenvalue weighted by Gasteiger charge is 2.22. The van der Waals surface area contributed by atoms with Crippen LogP contribution < -0.4 is 4.74 Å². The van der Waals surface area contributed by atoms with Gasteiger partial charge in [0.2, 0.25) is 6.10 Å². The molecule has 0 radical (unpaired) electrons. The Labute approximate surface area is 111 Å². The fourth-order valence-corrected chi connectivity index (χ4v) is 1.53. The first kappa shape index (κ1) is 14.2. The van der Waals surface area contributed by atoms with Gasteiger partial charge in [-0.1, -0.05) is 22.5 Å². The molecule has 0 bridgehead atoms. The smallest absolute Gasteiger partial charge is 0.351 e. The average molecular weight is 316 g/mol. The van der Waals surface area contributed by atoms with Crippen LogP contribution in [0.1, 0.15) is 0 Å². The van der Waals surface area contributed by atoms with Gasteiger partial charge in [0.25, 0.3) is 0 Å². The number of nitro benzene ring substituents is 1. The summed E-state index contributed by atoms with van der Waals surface area (Å²) in [6.07, 6.45) is 0.118. The summed E-state index contributed by atoms with van der Waals surface area (Å²) < 4.78 is 10.2. The van der Waals surface area contributed by atoms with E-state index in [1.807, 2.05) is 0 Å². The Morgan fingerprint density at radius 3 is 2.78 bits per heavy atom. The number of methoxy groups -OCH3 is 1. The van der Waals surface area contributed by atoms with Crippen LogP contribution in [-0.4, -0.2) is 24.1 Å². The molecular weight excluding hydrogens is 306 g/mol. The predicted molar refractivity (Wildman–Crippen MR) is 67.4 cm³/mol. The van der Waals surface area contributed by atoms with Crippen LogP contribution in [0.15, 0.2) is 35.3 Å². The Balaban J connectivity index is 3.06. The molecule has 7 heteroatoms. The van der Waals surface area contributed by atoms with Crippen LogP contribution in [0.2, 0.25) is 0 Å². The van der Waals surface area contributed by atoms with Gasteiger partial charge in [-0.25, -0.2) is 4.79 Å². The van der Waals surface area contributed by atoms with Crippen molar-refractivity contribution >= 4 is 27.6 Å². The number of hydrogen-bond acceptors (Lipinski definition) is 5.